The maximum Gasteiger partial charge on any atom is 0.358 e. The summed E-state index contributed by atoms with van der Waals surface area (Å²) in [5.74, 6) is 0.869. The van der Waals surface area contributed by atoms with Crippen molar-refractivity contribution in [1.82, 2.24) is 0 Å². The molecule has 2 aliphatic rings. The highest BCUT2D eigenvalue weighted by molar-refractivity contribution is 6.52. The number of carbonyl (C=O) groups is 1. The van der Waals surface area contributed by atoms with Gasteiger partial charge in [0.2, 0.25) is 0 Å². The minimum Gasteiger partial charge on any atom is -0.457 e. The molecule has 3 aromatic carbocycles. The van der Waals surface area contributed by atoms with Crippen molar-refractivity contribution in [3.8, 4) is 11.5 Å². The monoisotopic (exact) mass is 470 g/mol. The van der Waals surface area contributed by atoms with E-state index >= 15 is 0 Å². The lowest BCUT2D eigenvalue weighted by Gasteiger charge is -2.35. The van der Waals surface area contributed by atoms with Crippen molar-refractivity contribution < 1.29 is 24.1 Å². The Balaban J connectivity index is 1.88. The van der Waals surface area contributed by atoms with Crippen LogP contribution in [-0.4, -0.2) is 51.6 Å². The molecule has 0 saturated carbocycles. The Labute approximate surface area is 203 Å². The van der Waals surface area contributed by atoms with E-state index in [1.165, 1.54) is 7.11 Å². The normalized spacial score (nSPS) is 14.7. The Morgan fingerprint density at radius 3 is 2.00 bits per heavy atom. The number of hydrogen-bond donors (Lipinski definition) is 0. The summed E-state index contributed by atoms with van der Waals surface area (Å²) < 4.78 is 6.44. The molecule has 0 unspecified atom stereocenters. The van der Waals surface area contributed by atoms with E-state index in [-0.39, 0.29) is 18.1 Å². The van der Waals surface area contributed by atoms with Crippen LogP contribution in [0.2, 0.25) is 0 Å². The van der Waals surface area contributed by atoms with Gasteiger partial charge in [0.15, 0.2) is 5.41 Å². The molecular formula is C27H26N4O4. The highest BCUT2D eigenvalue weighted by atomic mass is 17.2. The van der Waals surface area contributed by atoms with E-state index in [9.17, 15) is 10.3 Å². The van der Waals surface area contributed by atoms with Gasteiger partial charge >= 0.3 is 5.71 Å². The van der Waals surface area contributed by atoms with Crippen molar-refractivity contribution in [2.75, 3.05) is 45.1 Å². The second-order valence-electron chi connectivity index (χ2n) is 9.09. The Bertz CT molecular complexity index is 1350. The highest BCUT2D eigenvalue weighted by Crippen LogP contribution is 2.57. The van der Waals surface area contributed by atoms with E-state index in [4.69, 9.17) is 14.5 Å². The predicted molar refractivity (Wildman–Crippen MR) is 133 cm³/mol. The number of fused-ring (bicyclic) bond motifs is 6. The molecule has 0 N–H and O–H groups in total. The van der Waals surface area contributed by atoms with Crippen LogP contribution in [-0.2, 0) is 21.8 Å². The molecule has 5 rings (SSSR count). The number of ketones is 1. The van der Waals surface area contributed by atoms with Crippen LogP contribution in [0.3, 0.4) is 0 Å². The lowest BCUT2D eigenvalue weighted by Crippen LogP contribution is -2.40. The van der Waals surface area contributed by atoms with Crippen LogP contribution in [0.15, 0.2) is 54.6 Å². The van der Waals surface area contributed by atoms with Crippen LogP contribution in [0.25, 0.3) is 5.53 Å². The number of Topliss-reactive ketones (excluding diaryl/α,β-unsaturated/α-hetero) is 1. The molecule has 178 valence electrons. The maximum atomic E-state index is 13.6. The second kappa shape index (κ2) is 8.36. The van der Waals surface area contributed by atoms with Crippen LogP contribution in [0, 0.1) is 0 Å². The number of hydrogen-bond acceptors (Lipinski definition) is 6. The number of rotatable bonds is 5. The molecule has 0 radical (unpaired) electrons. The molecule has 3 aromatic rings. The average molecular weight is 471 g/mol. The van der Waals surface area contributed by atoms with Crippen molar-refractivity contribution in [3.63, 3.8) is 0 Å². The van der Waals surface area contributed by atoms with Gasteiger partial charge in [-0.1, -0.05) is 30.3 Å². The quantitative estimate of drug-likeness (QED) is 0.240. The topological polar surface area (TPSA) is 87.6 Å². The first kappa shape index (κ1) is 22.8. The van der Waals surface area contributed by atoms with E-state index in [1.807, 2.05) is 86.5 Å². The van der Waals surface area contributed by atoms with Crippen molar-refractivity contribution >= 4 is 22.9 Å². The van der Waals surface area contributed by atoms with Gasteiger partial charge in [-0.2, -0.15) is 4.79 Å². The van der Waals surface area contributed by atoms with E-state index in [2.05, 4.69) is 4.79 Å². The van der Waals surface area contributed by atoms with Gasteiger partial charge in [0.25, 0.3) is 5.78 Å². The first-order valence-electron chi connectivity index (χ1n) is 11.2. The zero-order chi connectivity index (χ0) is 24.9. The largest absolute Gasteiger partial charge is 0.457 e. The summed E-state index contributed by atoms with van der Waals surface area (Å²) >= 11 is 0. The summed E-state index contributed by atoms with van der Waals surface area (Å²) in [5, 5.41) is 0. The molecule has 0 amide bonds. The zero-order valence-electron chi connectivity index (χ0n) is 20.3. The Hall–Kier alpha value is -3.97. The van der Waals surface area contributed by atoms with Crippen LogP contribution < -0.4 is 14.5 Å². The third-order valence-corrected chi connectivity index (χ3v) is 6.74. The number of anilines is 2. The summed E-state index contributed by atoms with van der Waals surface area (Å²) in [4.78, 5) is 31.1. The summed E-state index contributed by atoms with van der Waals surface area (Å²) in [5.41, 5.74) is 14.5. The Morgan fingerprint density at radius 2 is 1.49 bits per heavy atom. The van der Waals surface area contributed by atoms with Gasteiger partial charge in [-0.25, -0.2) is 9.78 Å². The van der Waals surface area contributed by atoms with Gasteiger partial charge in [-0.3, -0.25) is 4.79 Å². The fourth-order valence-corrected chi connectivity index (χ4v) is 5.04. The Kier molecular flexibility index (Phi) is 5.44. The summed E-state index contributed by atoms with van der Waals surface area (Å²) in [6, 6.07) is 17.2. The smallest absolute Gasteiger partial charge is 0.358 e. The molecule has 1 spiro atoms. The molecule has 0 fully saturated rings. The number of nitrogens with zero attached hydrogens (tertiary/aromatic N) is 4. The maximum absolute atomic E-state index is 13.6. The lowest BCUT2D eigenvalue weighted by molar-refractivity contribution is -0.282. The summed E-state index contributed by atoms with van der Waals surface area (Å²) in [6.07, 6.45) is 0. The zero-order valence-corrected chi connectivity index (χ0v) is 20.3. The van der Waals surface area contributed by atoms with Crippen LogP contribution in [0.4, 0.5) is 11.4 Å². The molecule has 35 heavy (non-hydrogen) atoms. The number of carbonyl (C=O) groups excluding carboxylic acids is 1. The minimum absolute atomic E-state index is 0.0401. The molecule has 1 aliphatic heterocycles. The van der Waals surface area contributed by atoms with Gasteiger partial charge in [-0.15, -0.1) is 0 Å². The van der Waals surface area contributed by atoms with Gasteiger partial charge < -0.3 is 20.1 Å². The van der Waals surface area contributed by atoms with E-state index in [1.54, 1.807) is 6.07 Å². The van der Waals surface area contributed by atoms with Gasteiger partial charge in [0.05, 0.1) is 7.11 Å². The minimum atomic E-state index is -1.15. The molecule has 0 aromatic heterocycles. The van der Waals surface area contributed by atoms with Crippen molar-refractivity contribution in [1.29, 1.82) is 0 Å². The molecule has 0 bridgehead atoms. The fraction of sp³-hybridized carbons (Fsp3) is 0.259. The predicted octanol–water partition coefficient (Wildman–Crippen LogP) is 4.20. The van der Waals surface area contributed by atoms with Crippen molar-refractivity contribution in [2.45, 2.75) is 12.0 Å². The van der Waals surface area contributed by atoms with Gasteiger partial charge in [-0.05, 0) is 23.3 Å². The van der Waals surface area contributed by atoms with E-state index in [0.29, 0.717) is 22.6 Å². The molecule has 1 heterocycles. The number of ether oxygens (including phenoxy) is 1. The summed E-state index contributed by atoms with van der Waals surface area (Å²) in [6.45, 7) is 0.203. The van der Waals surface area contributed by atoms with Gasteiger partial charge in [0.1, 0.15) is 18.1 Å². The second-order valence-corrected chi connectivity index (χ2v) is 9.09. The van der Waals surface area contributed by atoms with E-state index < -0.39 is 5.41 Å². The molecule has 0 atom stereocenters. The first-order chi connectivity index (χ1) is 16.8. The van der Waals surface area contributed by atoms with E-state index in [0.717, 1.165) is 28.1 Å². The molecule has 0 saturated heterocycles. The Morgan fingerprint density at radius 1 is 0.886 bits per heavy atom. The van der Waals surface area contributed by atoms with Gasteiger partial charge in [0, 0.05) is 68.4 Å². The standard InChI is InChI=1S/C27H26N4O4/c1-30(2)17-7-10-20-23(13-17)35-24-14-18(31(3)4)8-11-21(24)27(20)22-12-16(15-34-33-5)6-9-19(22)25(32)26(27)29-28/h6-14H,15H2,1-5H3. The molecule has 8 nitrogen and oxygen atoms in total. The molecule has 1 aliphatic carbocycles. The number of benzene rings is 3. The SMILES string of the molecule is COOCc1ccc2c(c1)C1(C(=[N+]=[N-])C2=O)c2ccc(N(C)C)cc2Oc2cc(N(C)C)ccc21. The lowest BCUT2D eigenvalue weighted by atomic mass is 9.67. The van der Waals surface area contributed by atoms with Crippen LogP contribution in [0.1, 0.15) is 32.6 Å². The van der Waals surface area contributed by atoms with Crippen LogP contribution >= 0.6 is 0 Å². The molecule has 8 heteroatoms. The van der Waals surface area contributed by atoms with Crippen molar-refractivity contribution in [2.24, 2.45) is 0 Å². The molecular weight excluding hydrogens is 444 g/mol. The third kappa shape index (κ3) is 3.26. The first-order valence-corrected chi connectivity index (χ1v) is 11.2. The average Bonchev–Trinajstić information content (AvgIpc) is 3.09. The van der Waals surface area contributed by atoms with Crippen molar-refractivity contribution in [3.05, 3.63) is 87.9 Å². The van der Waals surface area contributed by atoms with Crippen LogP contribution in [0.5, 0.6) is 11.5 Å². The summed E-state index contributed by atoms with van der Waals surface area (Å²) in [7, 11) is 9.26. The third-order valence-electron chi connectivity index (χ3n) is 6.74. The fourth-order valence-electron chi connectivity index (χ4n) is 5.04. The highest BCUT2D eigenvalue weighted by Gasteiger charge is 2.62.